The second kappa shape index (κ2) is 6.49. The first-order chi connectivity index (χ1) is 12.7. The third-order valence-electron chi connectivity index (χ3n) is 4.67. The smallest absolute Gasteiger partial charge is 0.227 e. The molecule has 128 valence electrons. The summed E-state index contributed by atoms with van der Waals surface area (Å²) in [6.07, 6.45) is 3.77. The number of nitrogens with one attached hydrogen (secondary N) is 2. The molecule has 1 saturated carbocycles. The molecule has 0 atom stereocenters. The summed E-state index contributed by atoms with van der Waals surface area (Å²) in [4.78, 5) is 16.6. The molecular weight excluding hydrogens is 324 g/mol. The zero-order valence-electron chi connectivity index (χ0n) is 14.4. The molecule has 0 bridgehead atoms. The van der Waals surface area contributed by atoms with E-state index >= 15 is 0 Å². The number of anilines is 2. The minimum absolute atomic E-state index is 0.0900. The quantitative estimate of drug-likeness (QED) is 0.746. The Morgan fingerprint density at radius 2 is 1.92 bits per heavy atom. The van der Waals surface area contributed by atoms with Crippen molar-refractivity contribution in [3.63, 3.8) is 0 Å². The highest BCUT2D eigenvalue weighted by molar-refractivity contribution is 6.05. The number of aromatic nitrogens is 1. The minimum Gasteiger partial charge on any atom is -0.373 e. The zero-order chi connectivity index (χ0) is 18.1. The Hall–Kier alpha value is -3.39. The van der Waals surface area contributed by atoms with E-state index in [0.717, 1.165) is 46.2 Å². The fourth-order valence-electron chi connectivity index (χ4n) is 3.06. The molecule has 5 heteroatoms. The molecule has 0 spiro atoms. The predicted octanol–water partition coefficient (Wildman–Crippen LogP) is 4.16. The highest BCUT2D eigenvalue weighted by Gasteiger charge is 2.29. The lowest BCUT2D eigenvalue weighted by Gasteiger charge is -2.13. The van der Waals surface area contributed by atoms with Crippen LogP contribution in [-0.2, 0) is 4.79 Å². The van der Waals surface area contributed by atoms with E-state index in [1.54, 1.807) is 12.1 Å². The molecule has 3 aromatic rings. The number of carbonyl (C=O) groups excluding carboxylic acids is 1. The van der Waals surface area contributed by atoms with E-state index in [1.165, 1.54) is 0 Å². The third kappa shape index (κ3) is 2.98. The molecule has 0 unspecified atom stereocenters. The maximum absolute atomic E-state index is 12.1. The van der Waals surface area contributed by atoms with Gasteiger partial charge in [0.1, 0.15) is 5.82 Å². The van der Waals surface area contributed by atoms with Crippen LogP contribution in [0, 0.1) is 17.2 Å². The summed E-state index contributed by atoms with van der Waals surface area (Å²) in [5.41, 5.74) is 3.36. The Morgan fingerprint density at radius 3 is 2.58 bits per heavy atom. The number of hydrogen-bond acceptors (Lipinski definition) is 4. The van der Waals surface area contributed by atoms with Crippen molar-refractivity contribution < 1.29 is 4.79 Å². The van der Waals surface area contributed by atoms with Crippen molar-refractivity contribution in [1.82, 2.24) is 4.98 Å². The van der Waals surface area contributed by atoms with Crippen molar-refractivity contribution in [3.8, 4) is 17.2 Å². The average Bonchev–Trinajstić information content (AvgIpc) is 3.52. The number of benzene rings is 2. The lowest BCUT2D eigenvalue weighted by Crippen LogP contribution is -2.13. The molecule has 1 heterocycles. The number of amides is 1. The lowest BCUT2D eigenvalue weighted by atomic mass is 9.99. The van der Waals surface area contributed by atoms with Crippen LogP contribution >= 0.6 is 0 Å². The summed E-state index contributed by atoms with van der Waals surface area (Å²) >= 11 is 0. The van der Waals surface area contributed by atoms with Crippen LogP contribution in [0.2, 0.25) is 0 Å². The molecule has 5 nitrogen and oxygen atoms in total. The van der Waals surface area contributed by atoms with Gasteiger partial charge in [0.05, 0.1) is 11.6 Å². The summed E-state index contributed by atoms with van der Waals surface area (Å²) in [6, 6.07) is 15.4. The van der Waals surface area contributed by atoms with E-state index < -0.39 is 0 Å². The molecule has 2 aromatic carbocycles. The van der Waals surface area contributed by atoms with E-state index in [4.69, 9.17) is 5.26 Å². The van der Waals surface area contributed by atoms with Crippen LogP contribution < -0.4 is 10.6 Å². The van der Waals surface area contributed by atoms with Gasteiger partial charge in [-0.1, -0.05) is 12.1 Å². The second-order valence-corrected chi connectivity index (χ2v) is 6.48. The summed E-state index contributed by atoms with van der Waals surface area (Å²) in [5.74, 6) is 1.04. The van der Waals surface area contributed by atoms with Gasteiger partial charge < -0.3 is 10.6 Å². The highest BCUT2D eigenvalue weighted by Crippen LogP contribution is 2.35. The van der Waals surface area contributed by atoms with Gasteiger partial charge in [0.15, 0.2) is 0 Å². The van der Waals surface area contributed by atoms with Gasteiger partial charge in [-0.2, -0.15) is 5.26 Å². The van der Waals surface area contributed by atoms with E-state index in [0.29, 0.717) is 5.56 Å². The van der Waals surface area contributed by atoms with Crippen LogP contribution in [0.25, 0.3) is 21.9 Å². The average molecular weight is 342 g/mol. The first-order valence-electron chi connectivity index (χ1n) is 8.61. The Kier molecular flexibility index (Phi) is 4.02. The van der Waals surface area contributed by atoms with Crippen molar-refractivity contribution in [2.75, 3.05) is 17.7 Å². The van der Waals surface area contributed by atoms with E-state index in [1.807, 2.05) is 43.6 Å². The molecule has 0 aliphatic heterocycles. The lowest BCUT2D eigenvalue weighted by molar-refractivity contribution is -0.117. The number of nitrogens with zero attached hydrogens (tertiary/aromatic N) is 2. The molecule has 2 N–H and O–H groups in total. The van der Waals surface area contributed by atoms with Gasteiger partial charge >= 0.3 is 0 Å². The van der Waals surface area contributed by atoms with Crippen LogP contribution in [0.5, 0.6) is 0 Å². The topological polar surface area (TPSA) is 77.8 Å². The Morgan fingerprint density at radius 1 is 1.15 bits per heavy atom. The van der Waals surface area contributed by atoms with Crippen molar-refractivity contribution >= 4 is 28.2 Å². The minimum atomic E-state index is 0.0900. The van der Waals surface area contributed by atoms with E-state index in [-0.39, 0.29) is 11.8 Å². The Bertz CT molecular complexity index is 1030. The maximum atomic E-state index is 12.1. The maximum Gasteiger partial charge on any atom is 0.227 e. The predicted molar refractivity (Wildman–Crippen MR) is 103 cm³/mol. The first kappa shape index (κ1) is 16.1. The highest BCUT2D eigenvalue weighted by atomic mass is 16.2. The fourth-order valence-corrected chi connectivity index (χ4v) is 3.06. The molecule has 26 heavy (non-hydrogen) atoms. The van der Waals surface area contributed by atoms with E-state index in [9.17, 15) is 4.79 Å². The van der Waals surface area contributed by atoms with Gasteiger partial charge in [-0.3, -0.25) is 4.79 Å². The number of rotatable bonds is 4. The zero-order valence-corrected chi connectivity index (χ0v) is 14.4. The second-order valence-electron chi connectivity index (χ2n) is 6.48. The Balaban J connectivity index is 1.82. The van der Waals surface area contributed by atoms with Crippen molar-refractivity contribution in [2.45, 2.75) is 12.8 Å². The summed E-state index contributed by atoms with van der Waals surface area (Å²) in [6.45, 7) is 0. The van der Waals surface area contributed by atoms with E-state index in [2.05, 4.69) is 21.7 Å². The molecule has 1 aliphatic carbocycles. The number of nitriles is 1. The monoisotopic (exact) mass is 342 g/mol. The molecule has 0 saturated heterocycles. The third-order valence-corrected chi connectivity index (χ3v) is 4.67. The summed E-state index contributed by atoms with van der Waals surface area (Å²) < 4.78 is 0. The number of carbonyl (C=O) groups is 1. The van der Waals surface area contributed by atoms with Gasteiger partial charge in [0, 0.05) is 35.8 Å². The van der Waals surface area contributed by atoms with Gasteiger partial charge in [-0.15, -0.1) is 0 Å². The number of fused-ring (bicyclic) bond motifs is 1. The van der Waals surface area contributed by atoms with Gasteiger partial charge in [0.25, 0.3) is 0 Å². The van der Waals surface area contributed by atoms with Crippen LogP contribution in [-0.4, -0.2) is 17.9 Å². The fraction of sp³-hybridized carbons (Fsp3) is 0.190. The van der Waals surface area contributed by atoms with Gasteiger partial charge in [-0.05, 0) is 54.1 Å². The molecule has 1 fully saturated rings. The number of hydrogen-bond donors (Lipinski definition) is 2. The molecule has 1 aromatic heterocycles. The normalized spacial score (nSPS) is 13.2. The molecule has 4 rings (SSSR count). The van der Waals surface area contributed by atoms with Crippen molar-refractivity contribution in [3.05, 3.63) is 54.2 Å². The van der Waals surface area contributed by atoms with Crippen LogP contribution in [0.1, 0.15) is 18.4 Å². The molecular formula is C21H18N4O. The van der Waals surface area contributed by atoms with Gasteiger partial charge in [-0.25, -0.2) is 4.98 Å². The van der Waals surface area contributed by atoms with Crippen LogP contribution in [0.4, 0.5) is 11.5 Å². The molecule has 1 amide bonds. The summed E-state index contributed by atoms with van der Waals surface area (Å²) in [5, 5.41) is 17.1. The van der Waals surface area contributed by atoms with Crippen LogP contribution in [0.15, 0.2) is 48.7 Å². The number of pyridine rings is 1. The molecule has 0 radical (unpaired) electrons. The standard InChI is InChI=1S/C21H18N4O/c1-23-20-17-9-8-16(25-21(26)15-6-7-15)10-18(17)19(12-24-20)14-4-2-13(11-22)3-5-14/h2-5,8-10,12,15H,6-7H2,1H3,(H,23,24)(H,25,26). The first-order valence-corrected chi connectivity index (χ1v) is 8.61. The SMILES string of the molecule is CNc1ncc(-c2ccc(C#N)cc2)c2cc(NC(=O)C3CC3)ccc12. The van der Waals surface area contributed by atoms with Crippen LogP contribution in [0.3, 0.4) is 0 Å². The van der Waals surface area contributed by atoms with Crippen molar-refractivity contribution in [2.24, 2.45) is 5.92 Å². The van der Waals surface area contributed by atoms with Crippen molar-refractivity contribution in [1.29, 1.82) is 5.26 Å². The Labute approximate surface area is 151 Å². The largest absolute Gasteiger partial charge is 0.373 e. The molecule has 1 aliphatic rings. The summed E-state index contributed by atoms with van der Waals surface area (Å²) in [7, 11) is 1.84. The van der Waals surface area contributed by atoms with Gasteiger partial charge in [0.2, 0.25) is 5.91 Å².